The first-order valence-corrected chi connectivity index (χ1v) is 7.55. The van der Waals surface area contributed by atoms with E-state index in [-0.39, 0.29) is 5.75 Å². The van der Waals surface area contributed by atoms with Crippen molar-refractivity contribution in [1.29, 1.82) is 0 Å². The van der Waals surface area contributed by atoms with E-state index in [0.717, 1.165) is 0 Å². The van der Waals surface area contributed by atoms with Crippen molar-refractivity contribution in [3.05, 3.63) is 0 Å². The summed E-state index contributed by atoms with van der Waals surface area (Å²) in [4.78, 5) is 56.9. The summed E-state index contributed by atoms with van der Waals surface area (Å²) in [5.74, 6) is -5.84. The van der Waals surface area contributed by atoms with Gasteiger partial charge in [-0.1, -0.05) is 0 Å². The molecule has 0 aromatic heterocycles. The number of hydrogen-bond donors (Lipinski definition) is 8. The quantitative estimate of drug-likeness (QED) is 0.163. The van der Waals surface area contributed by atoms with Gasteiger partial charge in [-0.3, -0.25) is 19.2 Å². The maximum Gasteiger partial charge on any atom is 0.328 e. The zero-order valence-electron chi connectivity index (χ0n) is 13.0. The molecule has 0 spiro atoms. The van der Waals surface area contributed by atoms with Gasteiger partial charge in [0, 0.05) is 5.75 Å². The lowest BCUT2D eigenvalue weighted by atomic mass is 10.1. The summed E-state index contributed by atoms with van der Waals surface area (Å²) in [5, 5.41) is 32.7. The van der Waals surface area contributed by atoms with Gasteiger partial charge >= 0.3 is 11.9 Å². The zero-order chi connectivity index (χ0) is 19.6. The van der Waals surface area contributed by atoms with Crippen molar-refractivity contribution >= 4 is 42.3 Å². The average molecular weight is 380 g/mol. The maximum absolute atomic E-state index is 12.1. The number of carboxylic acids is 2. The van der Waals surface area contributed by atoms with E-state index in [9.17, 15) is 24.0 Å². The number of thiol groups is 1. The minimum atomic E-state index is -1.67. The fourth-order valence-corrected chi connectivity index (χ4v) is 1.82. The number of rotatable bonds is 11. The van der Waals surface area contributed by atoms with Gasteiger partial charge in [-0.25, -0.2) is 4.79 Å². The number of carboxylic acid groups (broad SMARTS) is 2. The first kappa shape index (κ1) is 22.6. The molecule has 3 atom stereocenters. The molecule has 0 radical (unpaired) electrons. The molecule has 0 aliphatic heterocycles. The molecule has 0 rings (SSSR count). The second kappa shape index (κ2) is 11.2. The number of aliphatic hydroxyl groups excluding tert-OH is 1. The monoisotopic (exact) mass is 380 g/mol. The van der Waals surface area contributed by atoms with Crippen LogP contribution in [0.1, 0.15) is 6.42 Å². The van der Waals surface area contributed by atoms with Crippen LogP contribution in [0, 0.1) is 0 Å². The average Bonchev–Trinajstić information content (AvgIpc) is 2.55. The standard InChI is InChI=1S/C12H20N4O8S/c13-2-8(18)14-7(4-25)11(22)15-5(1-9(19)20)10(21)16-6(3-17)12(23)24/h5-7,17,25H,1-4,13H2,(H,14,18)(H,15,22)(H,16,21)(H,19,20)(H,23,24). The van der Waals surface area contributed by atoms with Crippen molar-refractivity contribution < 1.29 is 39.3 Å². The van der Waals surface area contributed by atoms with E-state index < -0.39 is 67.4 Å². The first-order valence-electron chi connectivity index (χ1n) is 6.92. The molecule has 3 amide bonds. The summed E-state index contributed by atoms with van der Waals surface area (Å²) >= 11 is 3.87. The second-order valence-corrected chi connectivity index (χ2v) is 5.11. The molecule has 0 aliphatic rings. The van der Waals surface area contributed by atoms with Gasteiger partial charge in [-0.15, -0.1) is 0 Å². The highest BCUT2D eigenvalue weighted by molar-refractivity contribution is 7.80. The lowest BCUT2D eigenvalue weighted by Gasteiger charge is -2.22. The zero-order valence-corrected chi connectivity index (χ0v) is 13.9. The Hall–Kier alpha value is -2.38. The predicted molar refractivity (Wildman–Crippen MR) is 85.7 cm³/mol. The van der Waals surface area contributed by atoms with Gasteiger partial charge in [0.05, 0.1) is 19.6 Å². The Morgan fingerprint density at radius 3 is 1.84 bits per heavy atom. The van der Waals surface area contributed by atoms with E-state index >= 15 is 0 Å². The van der Waals surface area contributed by atoms with Crippen molar-refractivity contribution in [3.8, 4) is 0 Å². The van der Waals surface area contributed by atoms with Crippen LogP contribution in [0.15, 0.2) is 0 Å². The van der Waals surface area contributed by atoms with Crippen LogP contribution in [-0.2, 0) is 24.0 Å². The molecule has 12 nitrogen and oxygen atoms in total. The molecule has 8 N–H and O–H groups in total. The van der Waals surface area contributed by atoms with Crippen molar-refractivity contribution in [3.63, 3.8) is 0 Å². The van der Waals surface area contributed by atoms with Gasteiger partial charge in [-0.2, -0.15) is 12.6 Å². The molecule has 142 valence electrons. The van der Waals surface area contributed by atoms with Crippen LogP contribution in [0.4, 0.5) is 0 Å². The van der Waals surface area contributed by atoms with Crippen LogP contribution in [0.5, 0.6) is 0 Å². The number of aliphatic carboxylic acids is 2. The third-order valence-electron chi connectivity index (χ3n) is 2.83. The van der Waals surface area contributed by atoms with Crippen LogP contribution in [0.2, 0.25) is 0 Å². The molecule has 0 aromatic rings. The Balaban J connectivity index is 5.10. The number of nitrogens with one attached hydrogen (secondary N) is 3. The van der Waals surface area contributed by atoms with Crippen molar-refractivity contribution in [1.82, 2.24) is 16.0 Å². The van der Waals surface area contributed by atoms with Crippen molar-refractivity contribution in [2.45, 2.75) is 24.5 Å². The van der Waals surface area contributed by atoms with Gasteiger partial charge in [-0.05, 0) is 0 Å². The van der Waals surface area contributed by atoms with E-state index in [1.54, 1.807) is 0 Å². The Kier molecular flexibility index (Phi) is 10.2. The number of carbonyl (C=O) groups excluding carboxylic acids is 3. The summed E-state index contributed by atoms with van der Waals surface area (Å²) in [6.07, 6.45) is -0.848. The normalized spacial score (nSPS) is 13.9. The molecular weight excluding hydrogens is 360 g/mol. The molecule has 0 aromatic carbocycles. The Labute approximate surface area is 147 Å². The van der Waals surface area contributed by atoms with Gasteiger partial charge in [0.25, 0.3) is 0 Å². The van der Waals surface area contributed by atoms with E-state index in [4.69, 9.17) is 21.1 Å². The molecule has 0 fully saturated rings. The largest absolute Gasteiger partial charge is 0.481 e. The molecule has 0 saturated heterocycles. The lowest BCUT2D eigenvalue weighted by Crippen LogP contribution is -2.57. The second-order valence-electron chi connectivity index (χ2n) is 4.75. The summed E-state index contributed by atoms with van der Waals surface area (Å²) in [5.41, 5.74) is 5.10. The molecule has 0 saturated carbocycles. The molecule has 25 heavy (non-hydrogen) atoms. The molecule has 3 unspecified atom stereocenters. The number of hydrogen-bond acceptors (Lipinski definition) is 8. The highest BCUT2D eigenvalue weighted by Crippen LogP contribution is 1.98. The predicted octanol–water partition coefficient (Wildman–Crippen LogP) is -4.12. The molecule has 0 bridgehead atoms. The lowest BCUT2D eigenvalue weighted by molar-refractivity contribution is -0.144. The molecule has 0 heterocycles. The Morgan fingerprint density at radius 2 is 1.44 bits per heavy atom. The minimum Gasteiger partial charge on any atom is -0.481 e. The number of amides is 3. The van der Waals surface area contributed by atoms with E-state index in [0.29, 0.717) is 0 Å². The van der Waals surface area contributed by atoms with Crippen LogP contribution < -0.4 is 21.7 Å². The van der Waals surface area contributed by atoms with Gasteiger partial charge < -0.3 is 37.0 Å². The fraction of sp³-hybridized carbons (Fsp3) is 0.583. The van der Waals surface area contributed by atoms with Gasteiger partial charge in [0.2, 0.25) is 17.7 Å². The Bertz CT molecular complexity index is 529. The number of aliphatic hydroxyl groups is 1. The third-order valence-corrected chi connectivity index (χ3v) is 3.19. The van der Waals surface area contributed by atoms with E-state index in [2.05, 4.69) is 23.3 Å². The summed E-state index contributed by atoms with van der Waals surface area (Å²) in [6.45, 7) is -1.33. The highest BCUT2D eigenvalue weighted by atomic mass is 32.1. The first-order chi connectivity index (χ1) is 11.7. The van der Waals surface area contributed by atoms with Gasteiger partial charge in [0.1, 0.15) is 18.1 Å². The highest BCUT2D eigenvalue weighted by Gasteiger charge is 2.30. The van der Waals surface area contributed by atoms with E-state index in [1.807, 2.05) is 5.32 Å². The van der Waals surface area contributed by atoms with Crippen molar-refractivity contribution in [2.75, 3.05) is 18.9 Å². The van der Waals surface area contributed by atoms with Crippen molar-refractivity contribution in [2.24, 2.45) is 5.73 Å². The summed E-state index contributed by atoms with van der Waals surface area (Å²) < 4.78 is 0. The van der Waals surface area contributed by atoms with Crippen LogP contribution in [0.3, 0.4) is 0 Å². The Morgan fingerprint density at radius 1 is 0.920 bits per heavy atom. The van der Waals surface area contributed by atoms with Gasteiger partial charge in [0.15, 0.2) is 0 Å². The molecular formula is C12H20N4O8S. The SMILES string of the molecule is NCC(=O)NC(CS)C(=O)NC(CC(=O)O)C(=O)NC(CO)C(=O)O. The summed E-state index contributed by atoms with van der Waals surface area (Å²) in [7, 11) is 0. The number of nitrogens with two attached hydrogens (primary N) is 1. The molecule has 0 aliphatic carbocycles. The summed E-state index contributed by atoms with van der Waals surface area (Å²) in [6, 6.07) is -4.48. The molecule has 13 heteroatoms. The van der Waals surface area contributed by atoms with E-state index in [1.165, 1.54) is 0 Å². The van der Waals surface area contributed by atoms with Crippen LogP contribution in [-0.4, -0.2) is 82.0 Å². The fourth-order valence-electron chi connectivity index (χ4n) is 1.56. The smallest absolute Gasteiger partial charge is 0.328 e. The van der Waals surface area contributed by atoms with Crippen LogP contribution in [0.25, 0.3) is 0 Å². The topological polar surface area (TPSA) is 208 Å². The maximum atomic E-state index is 12.1. The van der Waals surface area contributed by atoms with Crippen LogP contribution >= 0.6 is 12.6 Å². The number of carbonyl (C=O) groups is 5. The third kappa shape index (κ3) is 8.32. The minimum absolute atomic E-state index is 0.159.